The minimum Gasteiger partial charge on any atom is -0.294 e. The molecule has 0 radical (unpaired) electrons. The quantitative estimate of drug-likeness (QED) is 0.485. The summed E-state index contributed by atoms with van der Waals surface area (Å²) in [6, 6.07) is 20.3. The molecular formula is C19H13BrO2. The largest absolute Gasteiger partial charge is 0.294 e. The molecule has 3 aromatic carbocycles. The summed E-state index contributed by atoms with van der Waals surface area (Å²) in [6.07, 6.45) is -0.105. The minimum atomic E-state index is -0.154. The van der Waals surface area contributed by atoms with Gasteiger partial charge >= 0.3 is 0 Å². The van der Waals surface area contributed by atoms with Gasteiger partial charge in [-0.25, -0.2) is 0 Å². The third-order valence-corrected chi connectivity index (χ3v) is 4.03. The molecule has 3 rings (SSSR count). The first kappa shape index (κ1) is 14.7. The fourth-order valence-electron chi connectivity index (χ4n) is 2.36. The highest BCUT2D eigenvalue weighted by atomic mass is 79.9. The summed E-state index contributed by atoms with van der Waals surface area (Å²) in [4.78, 5) is 24.4. The van der Waals surface area contributed by atoms with Crippen molar-refractivity contribution in [2.24, 2.45) is 0 Å². The normalized spacial score (nSPS) is 10.6. The molecule has 0 N–H and O–H groups in total. The number of benzene rings is 3. The Morgan fingerprint density at radius 3 is 2.14 bits per heavy atom. The van der Waals surface area contributed by atoms with Crippen molar-refractivity contribution in [3.63, 3.8) is 0 Å². The molecule has 0 spiro atoms. The monoisotopic (exact) mass is 352 g/mol. The number of carbonyl (C=O) groups is 2. The molecule has 22 heavy (non-hydrogen) atoms. The van der Waals surface area contributed by atoms with Crippen molar-refractivity contribution in [1.29, 1.82) is 0 Å². The van der Waals surface area contributed by atoms with Crippen LogP contribution in [-0.4, -0.2) is 11.6 Å². The third-order valence-electron chi connectivity index (χ3n) is 3.54. The fraction of sp³-hybridized carbons (Fsp3) is 0.0526. The van der Waals surface area contributed by atoms with Gasteiger partial charge in [0.25, 0.3) is 0 Å². The molecule has 108 valence electrons. The lowest BCUT2D eigenvalue weighted by atomic mass is 9.99. The molecule has 3 heteroatoms. The maximum Gasteiger partial charge on any atom is 0.170 e. The number of halogens is 1. The summed E-state index contributed by atoms with van der Waals surface area (Å²) < 4.78 is 0.998. The van der Waals surface area contributed by atoms with E-state index < -0.39 is 0 Å². The zero-order chi connectivity index (χ0) is 15.5. The number of hydrogen-bond donors (Lipinski definition) is 0. The Kier molecular flexibility index (Phi) is 4.16. The van der Waals surface area contributed by atoms with Gasteiger partial charge in [-0.1, -0.05) is 64.5 Å². The van der Waals surface area contributed by atoms with Crippen LogP contribution in [0.4, 0.5) is 0 Å². The van der Waals surface area contributed by atoms with E-state index >= 15 is 0 Å². The summed E-state index contributed by atoms with van der Waals surface area (Å²) in [5.41, 5.74) is 1.14. The number of Topliss-reactive ketones (excluding diaryl/α,β-unsaturated/α-hetero) is 2. The number of hydrogen-bond acceptors (Lipinski definition) is 2. The van der Waals surface area contributed by atoms with Crippen molar-refractivity contribution in [1.82, 2.24) is 0 Å². The predicted molar refractivity (Wildman–Crippen MR) is 91.4 cm³/mol. The molecule has 0 aliphatic heterocycles. The molecule has 0 aliphatic carbocycles. The first-order valence-electron chi connectivity index (χ1n) is 6.94. The van der Waals surface area contributed by atoms with E-state index in [-0.39, 0.29) is 18.0 Å². The molecule has 0 aliphatic rings. The van der Waals surface area contributed by atoms with Crippen LogP contribution in [0.1, 0.15) is 27.1 Å². The van der Waals surface area contributed by atoms with E-state index in [1.807, 2.05) is 36.4 Å². The average Bonchev–Trinajstić information content (AvgIpc) is 2.55. The van der Waals surface area contributed by atoms with Crippen LogP contribution in [0.2, 0.25) is 0 Å². The van der Waals surface area contributed by atoms with Crippen LogP contribution in [0.5, 0.6) is 0 Å². The van der Waals surface area contributed by atoms with Crippen molar-refractivity contribution in [2.45, 2.75) is 6.42 Å². The number of ketones is 2. The fourth-order valence-corrected chi connectivity index (χ4v) is 2.74. The van der Waals surface area contributed by atoms with E-state index in [1.54, 1.807) is 30.3 Å². The summed E-state index contributed by atoms with van der Waals surface area (Å²) >= 11 is 3.43. The van der Waals surface area contributed by atoms with Crippen LogP contribution >= 0.6 is 15.9 Å². The Morgan fingerprint density at radius 1 is 0.727 bits per heavy atom. The minimum absolute atomic E-state index is 0.105. The number of carbonyl (C=O) groups excluding carboxylic acids is 2. The molecule has 3 aromatic rings. The first-order valence-corrected chi connectivity index (χ1v) is 7.73. The van der Waals surface area contributed by atoms with E-state index in [0.717, 1.165) is 15.2 Å². The van der Waals surface area contributed by atoms with Crippen molar-refractivity contribution in [3.05, 3.63) is 82.3 Å². The van der Waals surface area contributed by atoms with Gasteiger partial charge in [0, 0.05) is 15.6 Å². The van der Waals surface area contributed by atoms with E-state index in [9.17, 15) is 9.59 Å². The highest BCUT2D eigenvalue weighted by Crippen LogP contribution is 2.21. The standard InChI is InChI=1S/C19H13BrO2/c20-17-9-8-14-10-16(7-6-15(14)11-17)19(22)12-18(21)13-4-2-1-3-5-13/h1-11H,12H2. The van der Waals surface area contributed by atoms with Crippen LogP contribution in [0, 0.1) is 0 Å². The van der Waals surface area contributed by atoms with Crippen molar-refractivity contribution in [2.75, 3.05) is 0 Å². The molecular weight excluding hydrogens is 340 g/mol. The van der Waals surface area contributed by atoms with Gasteiger partial charge in [-0.05, 0) is 29.0 Å². The molecule has 0 unspecified atom stereocenters. The van der Waals surface area contributed by atoms with Crippen molar-refractivity contribution in [3.8, 4) is 0 Å². The molecule has 0 heterocycles. The van der Waals surface area contributed by atoms with Crippen LogP contribution < -0.4 is 0 Å². The highest BCUT2D eigenvalue weighted by molar-refractivity contribution is 9.10. The van der Waals surface area contributed by atoms with E-state index in [4.69, 9.17) is 0 Å². The number of rotatable bonds is 4. The molecule has 2 nitrogen and oxygen atoms in total. The Balaban J connectivity index is 1.83. The smallest absolute Gasteiger partial charge is 0.170 e. The summed E-state index contributed by atoms with van der Waals surface area (Å²) in [7, 11) is 0. The Morgan fingerprint density at radius 2 is 1.36 bits per heavy atom. The maximum absolute atomic E-state index is 12.3. The number of fused-ring (bicyclic) bond motifs is 1. The second kappa shape index (κ2) is 6.24. The maximum atomic E-state index is 12.3. The molecule has 0 amide bonds. The molecule has 0 bridgehead atoms. The first-order chi connectivity index (χ1) is 10.6. The molecule has 0 atom stereocenters. The van der Waals surface area contributed by atoms with Crippen LogP contribution in [0.3, 0.4) is 0 Å². The summed E-state index contributed by atoms with van der Waals surface area (Å²) in [6.45, 7) is 0. The lowest BCUT2D eigenvalue weighted by Crippen LogP contribution is -2.08. The van der Waals surface area contributed by atoms with Crippen LogP contribution in [0.25, 0.3) is 10.8 Å². The molecule has 0 saturated carbocycles. The van der Waals surface area contributed by atoms with E-state index in [0.29, 0.717) is 11.1 Å². The highest BCUT2D eigenvalue weighted by Gasteiger charge is 2.13. The average molecular weight is 353 g/mol. The van der Waals surface area contributed by atoms with Gasteiger partial charge in [0.2, 0.25) is 0 Å². The van der Waals surface area contributed by atoms with Gasteiger partial charge in [0.15, 0.2) is 11.6 Å². The van der Waals surface area contributed by atoms with E-state index in [1.165, 1.54) is 0 Å². The van der Waals surface area contributed by atoms with Gasteiger partial charge in [-0.15, -0.1) is 0 Å². The van der Waals surface area contributed by atoms with Gasteiger partial charge in [0.1, 0.15) is 0 Å². The Labute approximate surface area is 136 Å². The zero-order valence-corrected chi connectivity index (χ0v) is 13.3. The molecule has 0 fully saturated rings. The van der Waals surface area contributed by atoms with Gasteiger partial charge in [0.05, 0.1) is 6.42 Å². The summed E-state index contributed by atoms with van der Waals surface area (Å²) in [5, 5.41) is 2.04. The third kappa shape index (κ3) is 3.15. The SMILES string of the molecule is O=C(CC(=O)c1ccc2cc(Br)ccc2c1)c1ccccc1. The second-order valence-corrected chi connectivity index (χ2v) is 6.01. The van der Waals surface area contributed by atoms with Crippen LogP contribution in [-0.2, 0) is 0 Å². The second-order valence-electron chi connectivity index (χ2n) is 5.10. The molecule has 0 saturated heterocycles. The van der Waals surface area contributed by atoms with Crippen molar-refractivity contribution >= 4 is 38.3 Å². The molecule has 0 aromatic heterocycles. The van der Waals surface area contributed by atoms with Crippen LogP contribution in [0.15, 0.2) is 71.2 Å². The van der Waals surface area contributed by atoms with Gasteiger partial charge in [-0.2, -0.15) is 0 Å². The van der Waals surface area contributed by atoms with Crippen molar-refractivity contribution < 1.29 is 9.59 Å². The van der Waals surface area contributed by atoms with Gasteiger partial charge in [-0.3, -0.25) is 9.59 Å². The van der Waals surface area contributed by atoms with E-state index in [2.05, 4.69) is 15.9 Å². The Bertz CT molecular complexity index is 854. The lowest BCUT2D eigenvalue weighted by molar-refractivity contribution is 0.0894. The zero-order valence-electron chi connectivity index (χ0n) is 11.8. The van der Waals surface area contributed by atoms with Gasteiger partial charge < -0.3 is 0 Å². The summed E-state index contributed by atoms with van der Waals surface area (Å²) in [5.74, 6) is -0.305. The topological polar surface area (TPSA) is 34.1 Å². The Hall–Kier alpha value is -2.26. The lowest BCUT2D eigenvalue weighted by Gasteiger charge is -2.04. The predicted octanol–water partition coefficient (Wildman–Crippen LogP) is 5.06.